The number of rotatable bonds is 5. The maximum Gasteiger partial charge on any atom is 0.0857 e. The van der Waals surface area contributed by atoms with Crippen molar-refractivity contribution in [3.05, 3.63) is 68.7 Å². The summed E-state index contributed by atoms with van der Waals surface area (Å²) in [7, 11) is 0. The van der Waals surface area contributed by atoms with Crippen LogP contribution in [-0.4, -0.2) is 29.0 Å². The maximum absolute atomic E-state index is 10.1. The van der Waals surface area contributed by atoms with Crippen LogP contribution in [0.5, 0.6) is 0 Å². The summed E-state index contributed by atoms with van der Waals surface area (Å²) in [4.78, 5) is 0. The third-order valence-corrected chi connectivity index (χ3v) is 5.93. The molecule has 2 N–H and O–H groups in total. The molecule has 26 heavy (non-hydrogen) atoms. The third-order valence-electron chi connectivity index (χ3n) is 5.19. The molecule has 0 bridgehead atoms. The molecule has 2 aromatic rings. The standard InChI is InChI=1S/C22H27BrO3/c1-3-15-4-6-16(7-5-15)9-17-10-20(14(2)8-21(17)23)22-12-18(25)11-19(13-24)26-22/h4-8,10,18-19,22,24-25H,3,9,11-13H2,1-2H3. The Morgan fingerprint density at radius 3 is 2.46 bits per heavy atom. The Bertz CT molecular complexity index is 742. The summed E-state index contributed by atoms with van der Waals surface area (Å²) < 4.78 is 7.11. The van der Waals surface area contributed by atoms with Crippen LogP contribution in [0.25, 0.3) is 0 Å². The van der Waals surface area contributed by atoms with Gasteiger partial charge in [0.05, 0.1) is 24.9 Å². The molecule has 0 amide bonds. The van der Waals surface area contributed by atoms with Gasteiger partial charge < -0.3 is 14.9 Å². The molecule has 1 heterocycles. The summed E-state index contributed by atoms with van der Waals surface area (Å²) in [5.74, 6) is 0. The number of halogens is 1. The molecule has 0 aliphatic carbocycles. The van der Waals surface area contributed by atoms with Crippen molar-refractivity contribution >= 4 is 15.9 Å². The monoisotopic (exact) mass is 418 g/mol. The Hall–Kier alpha value is -1.20. The van der Waals surface area contributed by atoms with Gasteiger partial charge in [0.15, 0.2) is 0 Å². The summed E-state index contributed by atoms with van der Waals surface area (Å²) in [5.41, 5.74) is 6.06. The van der Waals surface area contributed by atoms with Crippen molar-refractivity contribution in [1.29, 1.82) is 0 Å². The summed E-state index contributed by atoms with van der Waals surface area (Å²) >= 11 is 3.70. The highest BCUT2D eigenvalue weighted by molar-refractivity contribution is 9.10. The zero-order valence-corrected chi connectivity index (χ0v) is 17.0. The third kappa shape index (κ3) is 4.55. The fourth-order valence-electron chi connectivity index (χ4n) is 3.64. The van der Waals surface area contributed by atoms with Gasteiger partial charge in [0.2, 0.25) is 0 Å². The maximum atomic E-state index is 10.1. The lowest BCUT2D eigenvalue weighted by Crippen LogP contribution is -2.33. The Morgan fingerprint density at radius 2 is 1.81 bits per heavy atom. The second-order valence-electron chi connectivity index (χ2n) is 7.20. The van der Waals surface area contributed by atoms with Gasteiger partial charge >= 0.3 is 0 Å². The molecule has 2 aromatic carbocycles. The van der Waals surface area contributed by atoms with Crippen LogP contribution in [-0.2, 0) is 17.6 Å². The second kappa shape index (κ2) is 8.66. The highest BCUT2D eigenvalue weighted by atomic mass is 79.9. The van der Waals surface area contributed by atoms with E-state index < -0.39 is 6.10 Å². The van der Waals surface area contributed by atoms with Gasteiger partial charge in [-0.15, -0.1) is 0 Å². The van der Waals surface area contributed by atoms with Gasteiger partial charge in [-0.3, -0.25) is 0 Å². The first-order chi connectivity index (χ1) is 12.5. The van der Waals surface area contributed by atoms with Crippen molar-refractivity contribution in [2.24, 2.45) is 0 Å². The molecule has 0 saturated carbocycles. The predicted molar refractivity (Wildman–Crippen MR) is 107 cm³/mol. The lowest BCUT2D eigenvalue weighted by Gasteiger charge is -2.33. The summed E-state index contributed by atoms with van der Waals surface area (Å²) in [6, 6.07) is 13.1. The largest absolute Gasteiger partial charge is 0.394 e. The van der Waals surface area contributed by atoms with E-state index in [4.69, 9.17) is 4.74 Å². The average Bonchev–Trinajstić information content (AvgIpc) is 2.64. The molecule has 4 heteroatoms. The fourth-order valence-corrected chi connectivity index (χ4v) is 4.24. The minimum Gasteiger partial charge on any atom is -0.394 e. The van der Waals surface area contributed by atoms with E-state index >= 15 is 0 Å². The molecule has 0 aromatic heterocycles. The number of benzene rings is 2. The summed E-state index contributed by atoms with van der Waals surface area (Å²) in [5, 5.41) is 19.6. The second-order valence-corrected chi connectivity index (χ2v) is 8.06. The average molecular weight is 419 g/mol. The van der Waals surface area contributed by atoms with Crippen LogP contribution in [0.3, 0.4) is 0 Å². The Morgan fingerprint density at radius 1 is 1.12 bits per heavy atom. The van der Waals surface area contributed by atoms with E-state index in [2.05, 4.69) is 66.2 Å². The van der Waals surface area contributed by atoms with E-state index in [0.717, 1.165) is 28.4 Å². The molecule has 0 spiro atoms. The SMILES string of the molecule is CCc1ccc(Cc2cc(C3CC(O)CC(CO)O3)c(C)cc2Br)cc1. The topological polar surface area (TPSA) is 49.7 Å². The van der Waals surface area contributed by atoms with Gasteiger partial charge in [0.25, 0.3) is 0 Å². The van der Waals surface area contributed by atoms with Gasteiger partial charge in [-0.25, -0.2) is 0 Å². The van der Waals surface area contributed by atoms with E-state index in [1.165, 1.54) is 16.7 Å². The van der Waals surface area contributed by atoms with E-state index in [9.17, 15) is 10.2 Å². The first-order valence-electron chi connectivity index (χ1n) is 9.31. The number of aliphatic hydroxyl groups excluding tert-OH is 2. The highest BCUT2D eigenvalue weighted by Crippen LogP contribution is 2.36. The zero-order valence-electron chi connectivity index (χ0n) is 15.4. The van der Waals surface area contributed by atoms with Crippen molar-refractivity contribution < 1.29 is 14.9 Å². The van der Waals surface area contributed by atoms with Crippen LogP contribution in [0.2, 0.25) is 0 Å². The normalized spacial score (nSPS) is 23.2. The number of hydrogen-bond donors (Lipinski definition) is 2. The molecule has 1 aliphatic rings. The first kappa shape index (κ1) is 19.6. The van der Waals surface area contributed by atoms with Crippen molar-refractivity contribution in [2.75, 3.05) is 6.61 Å². The Kier molecular flexibility index (Phi) is 6.51. The molecule has 3 atom stereocenters. The van der Waals surface area contributed by atoms with E-state index in [1.54, 1.807) is 0 Å². The number of hydrogen-bond acceptors (Lipinski definition) is 3. The molecule has 0 radical (unpaired) electrons. The predicted octanol–water partition coefficient (Wildman–Crippen LogP) is 4.48. The number of aryl methyl sites for hydroxylation is 2. The zero-order chi connectivity index (χ0) is 18.7. The lowest BCUT2D eigenvalue weighted by atomic mass is 9.91. The Balaban J connectivity index is 1.86. The van der Waals surface area contributed by atoms with Crippen LogP contribution in [0.4, 0.5) is 0 Å². The quantitative estimate of drug-likeness (QED) is 0.751. The van der Waals surface area contributed by atoms with Crippen molar-refractivity contribution in [1.82, 2.24) is 0 Å². The molecule has 1 fully saturated rings. The van der Waals surface area contributed by atoms with Gasteiger partial charge in [0.1, 0.15) is 0 Å². The molecule has 3 rings (SSSR count). The smallest absolute Gasteiger partial charge is 0.0857 e. The first-order valence-corrected chi connectivity index (χ1v) is 10.1. The lowest BCUT2D eigenvalue weighted by molar-refractivity contribution is -0.114. The molecule has 140 valence electrons. The van der Waals surface area contributed by atoms with Crippen molar-refractivity contribution in [3.63, 3.8) is 0 Å². The highest BCUT2D eigenvalue weighted by Gasteiger charge is 2.30. The van der Waals surface area contributed by atoms with Gasteiger partial charge in [-0.2, -0.15) is 0 Å². The van der Waals surface area contributed by atoms with Crippen molar-refractivity contribution in [2.45, 2.75) is 57.8 Å². The molecule has 1 saturated heterocycles. The van der Waals surface area contributed by atoms with Gasteiger partial charge in [-0.05, 0) is 53.6 Å². The summed E-state index contributed by atoms with van der Waals surface area (Å²) in [6.45, 7) is 4.17. The number of aliphatic hydroxyl groups is 2. The minimum atomic E-state index is -0.431. The van der Waals surface area contributed by atoms with Crippen LogP contribution in [0, 0.1) is 6.92 Å². The molecule has 3 nitrogen and oxygen atoms in total. The van der Waals surface area contributed by atoms with Crippen LogP contribution in [0.15, 0.2) is 40.9 Å². The van der Waals surface area contributed by atoms with Crippen LogP contribution < -0.4 is 0 Å². The fraction of sp³-hybridized carbons (Fsp3) is 0.455. The van der Waals surface area contributed by atoms with E-state index in [-0.39, 0.29) is 18.8 Å². The van der Waals surface area contributed by atoms with Gasteiger partial charge in [-0.1, -0.05) is 53.2 Å². The number of ether oxygens (including phenoxy) is 1. The van der Waals surface area contributed by atoms with E-state index in [0.29, 0.717) is 12.8 Å². The molecule has 3 unspecified atom stereocenters. The molecular formula is C22H27BrO3. The summed E-state index contributed by atoms with van der Waals surface area (Å²) in [6.07, 6.45) is 2.06. The van der Waals surface area contributed by atoms with Crippen LogP contribution in [0.1, 0.15) is 53.7 Å². The Labute approximate surface area is 164 Å². The minimum absolute atomic E-state index is 0.0558. The van der Waals surface area contributed by atoms with Crippen molar-refractivity contribution in [3.8, 4) is 0 Å². The molecular weight excluding hydrogens is 392 g/mol. The van der Waals surface area contributed by atoms with Gasteiger partial charge in [0, 0.05) is 17.3 Å². The molecule has 1 aliphatic heterocycles. The van der Waals surface area contributed by atoms with E-state index in [1.807, 2.05) is 0 Å². The van der Waals surface area contributed by atoms with Crippen LogP contribution >= 0.6 is 15.9 Å².